The molecule has 0 aromatic heterocycles. The lowest BCUT2D eigenvalue weighted by Gasteiger charge is -2.18. The van der Waals surface area contributed by atoms with Gasteiger partial charge in [0.05, 0.1) is 18.8 Å². The van der Waals surface area contributed by atoms with Gasteiger partial charge in [0.2, 0.25) is 0 Å². The molecule has 0 fully saturated rings. The molecule has 0 saturated heterocycles. The topological polar surface area (TPSA) is 55.8 Å². The minimum atomic E-state index is -4.41. The zero-order valence-corrected chi connectivity index (χ0v) is 17.1. The first kappa shape index (κ1) is 23.3. The van der Waals surface area contributed by atoms with Gasteiger partial charge in [-0.3, -0.25) is 0 Å². The Morgan fingerprint density at radius 1 is 1.13 bits per heavy atom. The predicted octanol–water partition coefficient (Wildman–Crippen LogP) is 6.33. The Balaban J connectivity index is 2.39. The van der Waals surface area contributed by atoms with Crippen LogP contribution in [-0.4, -0.2) is 24.3 Å². The van der Waals surface area contributed by atoms with E-state index in [4.69, 9.17) is 9.47 Å². The van der Waals surface area contributed by atoms with Crippen molar-refractivity contribution in [2.24, 2.45) is 0 Å². The summed E-state index contributed by atoms with van der Waals surface area (Å²) in [6.45, 7) is 4.04. The Hall–Kier alpha value is -2.96. The highest BCUT2D eigenvalue weighted by molar-refractivity contribution is 5.98. The van der Waals surface area contributed by atoms with E-state index in [1.54, 1.807) is 12.1 Å². The van der Waals surface area contributed by atoms with E-state index in [0.717, 1.165) is 31.4 Å². The summed E-state index contributed by atoms with van der Waals surface area (Å²) in [5, 5.41) is 10.4. The Morgan fingerprint density at radius 2 is 1.80 bits per heavy atom. The average Bonchev–Trinajstić information content (AvgIpc) is 2.70. The first-order valence-corrected chi connectivity index (χ1v) is 9.66. The van der Waals surface area contributed by atoms with E-state index in [2.05, 4.69) is 0 Å². The van der Waals surface area contributed by atoms with Crippen LogP contribution in [0.15, 0.2) is 36.4 Å². The van der Waals surface area contributed by atoms with Crippen molar-refractivity contribution in [3.05, 3.63) is 58.7 Å². The maximum Gasteiger partial charge on any atom is 0.416 e. The number of ether oxygens (including phenoxy) is 2. The highest BCUT2D eigenvalue weighted by atomic mass is 19.4. The van der Waals surface area contributed by atoms with Crippen LogP contribution in [0.1, 0.15) is 60.2 Å². The van der Waals surface area contributed by atoms with Crippen LogP contribution in [0.3, 0.4) is 0 Å². The number of phenols is 1. The van der Waals surface area contributed by atoms with E-state index in [1.165, 1.54) is 31.4 Å². The van der Waals surface area contributed by atoms with Gasteiger partial charge in [0, 0.05) is 6.07 Å². The van der Waals surface area contributed by atoms with Crippen molar-refractivity contribution in [1.82, 2.24) is 0 Å². The molecule has 7 heteroatoms. The van der Waals surface area contributed by atoms with Crippen molar-refractivity contribution in [2.45, 2.75) is 45.4 Å². The largest absolute Gasteiger partial charge is 0.507 e. The standard InChI is InChI=1S/C23H25F3O4/c1-4-6-18(5-2)30-19-13-16(21(20(27)14-19)22(28)29-3)10-7-15-8-11-17(12-9-15)23(24,25)26/h7-14,18,27H,4-6H2,1-3H3. The second-order valence-electron chi connectivity index (χ2n) is 6.79. The fourth-order valence-corrected chi connectivity index (χ4v) is 2.98. The van der Waals surface area contributed by atoms with Crippen LogP contribution in [0.5, 0.6) is 11.5 Å². The lowest BCUT2D eigenvalue weighted by atomic mass is 10.0. The third-order valence-corrected chi connectivity index (χ3v) is 4.57. The normalized spacial score (nSPS) is 12.7. The minimum absolute atomic E-state index is 0.0369. The minimum Gasteiger partial charge on any atom is -0.507 e. The van der Waals surface area contributed by atoms with E-state index in [0.29, 0.717) is 16.9 Å². The molecule has 4 nitrogen and oxygen atoms in total. The van der Waals surface area contributed by atoms with Crippen LogP contribution in [0.25, 0.3) is 12.2 Å². The molecule has 0 aliphatic heterocycles. The molecule has 0 radical (unpaired) electrons. The third kappa shape index (κ3) is 6.02. The average molecular weight is 422 g/mol. The van der Waals surface area contributed by atoms with Crippen LogP contribution in [0, 0.1) is 0 Å². The number of hydrogen-bond donors (Lipinski definition) is 1. The molecule has 0 bridgehead atoms. The van der Waals surface area contributed by atoms with Crippen molar-refractivity contribution >= 4 is 18.1 Å². The van der Waals surface area contributed by atoms with Crippen molar-refractivity contribution in [3.63, 3.8) is 0 Å². The van der Waals surface area contributed by atoms with Gasteiger partial charge in [-0.15, -0.1) is 0 Å². The highest BCUT2D eigenvalue weighted by Gasteiger charge is 2.29. The van der Waals surface area contributed by atoms with Crippen LogP contribution < -0.4 is 4.74 Å². The predicted molar refractivity (Wildman–Crippen MR) is 109 cm³/mol. The van der Waals surface area contributed by atoms with Crippen molar-refractivity contribution in [1.29, 1.82) is 0 Å². The summed E-state index contributed by atoms with van der Waals surface area (Å²) in [5.41, 5.74) is 0.0474. The van der Waals surface area contributed by atoms with Gasteiger partial charge >= 0.3 is 12.1 Å². The van der Waals surface area contributed by atoms with Gasteiger partial charge in [-0.05, 0) is 42.2 Å². The second-order valence-corrected chi connectivity index (χ2v) is 6.79. The number of methoxy groups -OCH3 is 1. The molecule has 0 spiro atoms. The van der Waals surface area contributed by atoms with E-state index < -0.39 is 17.7 Å². The molecule has 0 aliphatic rings. The first-order valence-electron chi connectivity index (χ1n) is 9.66. The lowest BCUT2D eigenvalue weighted by Crippen LogP contribution is -2.15. The zero-order valence-electron chi connectivity index (χ0n) is 17.1. The first-order chi connectivity index (χ1) is 14.2. The van der Waals surface area contributed by atoms with Gasteiger partial charge in [0.15, 0.2) is 0 Å². The number of carbonyl (C=O) groups is 1. The molecule has 0 amide bonds. The molecule has 1 unspecified atom stereocenters. The maximum absolute atomic E-state index is 12.7. The van der Waals surface area contributed by atoms with Crippen LogP contribution in [0.2, 0.25) is 0 Å². The van der Waals surface area contributed by atoms with Gasteiger partial charge < -0.3 is 14.6 Å². The highest BCUT2D eigenvalue weighted by Crippen LogP contribution is 2.32. The number of hydrogen-bond acceptors (Lipinski definition) is 4. The Kier molecular flexibility index (Phi) is 7.92. The summed E-state index contributed by atoms with van der Waals surface area (Å²) in [6, 6.07) is 7.57. The molecule has 0 saturated carbocycles. The van der Waals surface area contributed by atoms with Gasteiger partial charge in [-0.25, -0.2) is 4.79 Å². The fraction of sp³-hybridized carbons (Fsp3) is 0.348. The Bertz CT molecular complexity index is 887. The summed E-state index contributed by atoms with van der Waals surface area (Å²) in [7, 11) is 1.20. The molecular formula is C23H25F3O4. The number of esters is 1. The number of phenolic OH excluding ortho intramolecular Hbond substituents is 1. The lowest BCUT2D eigenvalue weighted by molar-refractivity contribution is -0.137. The van der Waals surface area contributed by atoms with Crippen LogP contribution >= 0.6 is 0 Å². The number of carbonyl (C=O) groups excluding carboxylic acids is 1. The second kappa shape index (κ2) is 10.2. The molecule has 0 aliphatic carbocycles. The summed E-state index contributed by atoms with van der Waals surface area (Å²) >= 11 is 0. The number of halogens is 3. The molecule has 2 rings (SSSR count). The summed E-state index contributed by atoms with van der Waals surface area (Å²) in [5.74, 6) is -0.628. The van der Waals surface area contributed by atoms with E-state index in [1.807, 2.05) is 13.8 Å². The van der Waals surface area contributed by atoms with Crippen molar-refractivity contribution < 1.29 is 32.5 Å². The maximum atomic E-state index is 12.7. The van der Waals surface area contributed by atoms with Gasteiger partial charge in [0.25, 0.3) is 0 Å². The SMILES string of the molecule is CCCC(CC)Oc1cc(O)c(C(=O)OC)c(C=Cc2ccc(C(F)(F)F)cc2)c1. The van der Waals surface area contributed by atoms with Gasteiger partial charge in [-0.1, -0.05) is 44.6 Å². The zero-order chi connectivity index (χ0) is 22.3. The molecule has 1 atom stereocenters. The van der Waals surface area contributed by atoms with E-state index in [9.17, 15) is 23.1 Å². The van der Waals surface area contributed by atoms with Gasteiger partial charge in [-0.2, -0.15) is 13.2 Å². The van der Waals surface area contributed by atoms with Crippen LogP contribution in [0.4, 0.5) is 13.2 Å². The third-order valence-electron chi connectivity index (χ3n) is 4.57. The summed E-state index contributed by atoms with van der Waals surface area (Å²) < 4.78 is 48.8. The van der Waals surface area contributed by atoms with Gasteiger partial charge in [0.1, 0.15) is 17.1 Å². The number of alkyl halides is 3. The summed E-state index contributed by atoms with van der Waals surface area (Å²) in [6.07, 6.45) is 1.19. The Morgan fingerprint density at radius 3 is 2.33 bits per heavy atom. The molecule has 0 heterocycles. The fourth-order valence-electron chi connectivity index (χ4n) is 2.98. The summed E-state index contributed by atoms with van der Waals surface area (Å²) in [4.78, 5) is 12.1. The van der Waals surface area contributed by atoms with Crippen molar-refractivity contribution in [3.8, 4) is 11.5 Å². The number of rotatable bonds is 8. The number of aromatic hydroxyl groups is 1. The van der Waals surface area contributed by atoms with Crippen molar-refractivity contribution in [2.75, 3.05) is 7.11 Å². The van der Waals surface area contributed by atoms with Crippen LogP contribution in [-0.2, 0) is 10.9 Å². The molecule has 2 aromatic carbocycles. The quantitative estimate of drug-likeness (QED) is 0.399. The number of benzene rings is 2. The Labute approximate surface area is 173 Å². The molecule has 2 aromatic rings. The smallest absolute Gasteiger partial charge is 0.416 e. The monoisotopic (exact) mass is 422 g/mol. The molecule has 30 heavy (non-hydrogen) atoms. The molecular weight excluding hydrogens is 397 g/mol. The molecule has 162 valence electrons. The molecule has 1 N–H and O–H groups in total. The van der Waals surface area contributed by atoms with E-state index >= 15 is 0 Å². The van der Waals surface area contributed by atoms with E-state index in [-0.39, 0.29) is 17.4 Å².